The molecule has 0 radical (unpaired) electrons. The van der Waals surface area contributed by atoms with Crippen LogP contribution in [0.2, 0.25) is 0 Å². The van der Waals surface area contributed by atoms with Crippen LogP contribution in [-0.4, -0.2) is 12.1 Å². The van der Waals surface area contributed by atoms with Gasteiger partial charge < -0.3 is 4.74 Å². The maximum Gasteiger partial charge on any atom is 0.433 e. The Kier molecular flexibility index (Phi) is 3.81. The van der Waals surface area contributed by atoms with Crippen LogP contribution >= 0.6 is 0 Å². The number of nitrogens with zero attached hydrogens (tertiary/aromatic N) is 1. The third-order valence-corrected chi connectivity index (χ3v) is 2.35. The van der Waals surface area contributed by atoms with Gasteiger partial charge in [0, 0.05) is 7.11 Å². The second-order valence-corrected chi connectivity index (χ2v) is 4.87. The molecule has 0 spiro atoms. The predicted molar refractivity (Wildman–Crippen MR) is 58.7 cm³/mol. The molecule has 0 bridgehead atoms. The molecule has 1 rings (SSSR count). The van der Waals surface area contributed by atoms with Gasteiger partial charge in [-0.05, 0) is 17.0 Å². The van der Waals surface area contributed by atoms with Crippen molar-refractivity contribution in [2.75, 3.05) is 7.11 Å². The Morgan fingerprint density at radius 2 is 1.76 bits per heavy atom. The topological polar surface area (TPSA) is 22.1 Å². The Hall–Kier alpha value is -1.10. The lowest BCUT2D eigenvalue weighted by Gasteiger charge is -2.22. The van der Waals surface area contributed by atoms with Crippen molar-refractivity contribution in [3.8, 4) is 0 Å². The minimum absolute atomic E-state index is 0.0799. The average Bonchev–Trinajstić information content (AvgIpc) is 2.15. The van der Waals surface area contributed by atoms with E-state index < -0.39 is 11.9 Å². The number of hydrogen-bond donors (Lipinski definition) is 0. The lowest BCUT2D eigenvalue weighted by molar-refractivity contribution is -0.141. The number of alkyl halides is 3. The van der Waals surface area contributed by atoms with Crippen LogP contribution in [0.4, 0.5) is 13.2 Å². The molecule has 0 saturated carbocycles. The first kappa shape index (κ1) is 14.0. The molecule has 0 amide bonds. The number of halogens is 3. The molecule has 1 aromatic heterocycles. The highest BCUT2D eigenvalue weighted by atomic mass is 19.4. The summed E-state index contributed by atoms with van der Waals surface area (Å²) in [6.07, 6.45) is -4.42. The fourth-order valence-electron chi connectivity index (χ4n) is 1.59. The maximum absolute atomic E-state index is 12.5. The summed E-state index contributed by atoms with van der Waals surface area (Å²) in [6.45, 7) is 5.86. The van der Waals surface area contributed by atoms with E-state index in [2.05, 4.69) is 4.98 Å². The van der Waals surface area contributed by atoms with E-state index in [0.29, 0.717) is 5.69 Å². The zero-order valence-electron chi connectivity index (χ0n) is 10.4. The van der Waals surface area contributed by atoms with E-state index in [-0.39, 0.29) is 12.0 Å². The predicted octanol–water partition coefficient (Wildman–Crippen LogP) is 3.54. The van der Waals surface area contributed by atoms with Crippen molar-refractivity contribution in [1.29, 1.82) is 0 Å². The smallest absolute Gasteiger partial charge is 0.378 e. The molecule has 0 fully saturated rings. The lowest BCUT2D eigenvalue weighted by atomic mass is 9.85. The molecule has 5 heteroatoms. The molecule has 0 atom stereocenters. The summed E-state index contributed by atoms with van der Waals surface area (Å²) in [5.41, 5.74) is -0.0231. The van der Waals surface area contributed by atoms with Gasteiger partial charge in [-0.1, -0.05) is 26.8 Å². The van der Waals surface area contributed by atoms with Gasteiger partial charge in [-0.2, -0.15) is 13.2 Å². The van der Waals surface area contributed by atoms with E-state index in [1.807, 2.05) is 20.8 Å². The molecule has 17 heavy (non-hydrogen) atoms. The van der Waals surface area contributed by atoms with E-state index in [4.69, 9.17) is 4.74 Å². The first-order valence-corrected chi connectivity index (χ1v) is 5.23. The fraction of sp³-hybridized carbons (Fsp3) is 0.583. The van der Waals surface area contributed by atoms with Gasteiger partial charge in [0.25, 0.3) is 0 Å². The van der Waals surface area contributed by atoms with Crippen molar-refractivity contribution in [2.24, 2.45) is 0 Å². The lowest BCUT2D eigenvalue weighted by Crippen LogP contribution is -2.18. The van der Waals surface area contributed by atoms with Gasteiger partial charge in [-0.15, -0.1) is 0 Å². The van der Waals surface area contributed by atoms with E-state index in [0.717, 1.165) is 11.6 Å². The molecular weight excluding hydrogens is 231 g/mol. The van der Waals surface area contributed by atoms with Gasteiger partial charge in [0.2, 0.25) is 0 Å². The number of methoxy groups -OCH3 is 1. The zero-order chi connectivity index (χ0) is 13.3. The highest BCUT2D eigenvalue weighted by Crippen LogP contribution is 2.31. The molecule has 1 heterocycles. The molecule has 2 nitrogen and oxygen atoms in total. The Bertz CT molecular complexity index is 394. The first-order chi connectivity index (χ1) is 7.66. The fourth-order valence-corrected chi connectivity index (χ4v) is 1.59. The summed E-state index contributed by atoms with van der Waals surface area (Å²) in [7, 11) is 1.44. The van der Waals surface area contributed by atoms with Crippen LogP contribution in [-0.2, 0) is 22.9 Å². The van der Waals surface area contributed by atoms with Gasteiger partial charge in [0.15, 0.2) is 0 Å². The van der Waals surface area contributed by atoms with E-state index in [9.17, 15) is 13.2 Å². The van der Waals surface area contributed by atoms with Gasteiger partial charge in [-0.25, -0.2) is 4.98 Å². The van der Waals surface area contributed by atoms with Crippen molar-refractivity contribution < 1.29 is 17.9 Å². The Labute approximate surface area is 98.8 Å². The van der Waals surface area contributed by atoms with Crippen LogP contribution in [0.25, 0.3) is 0 Å². The van der Waals surface area contributed by atoms with Gasteiger partial charge in [-0.3, -0.25) is 0 Å². The van der Waals surface area contributed by atoms with E-state index in [1.165, 1.54) is 13.2 Å². The second-order valence-electron chi connectivity index (χ2n) is 4.87. The van der Waals surface area contributed by atoms with Crippen LogP contribution < -0.4 is 0 Å². The number of ether oxygens (including phenoxy) is 1. The zero-order valence-corrected chi connectivity index (χ0v) is 10.4. The molecule has 96 valence electrons. The maximum atomic E-state index is 12.5. The summed E-state index contributed by atoms with van der Waals surface area (Å²) >= 11 is 0. The van der Waals surface area contributed by atoms with Gasteiger partial charge >= 0.3 is 6.18 Å². The average molecular weight is 247 g/mol. The van der Waals surface area contributed by atoms with Crippen molar-refractivity contribution >= 4 is 0 Å². The highest BCUT2D eigenvalue weighted by molar-refractivity contribution is 5.29. The molecule has 0 aliphatic heterocycles. The van der Waals surface area contributed by atoms with Crippen molar-refractivity contribution in [1.82, 2.24) is 4.98 Å². The summed E-state index contributed by atoms with van der Waals surface area (Å²) in [4.78, 5) is 3.65. The van der Waals surface area contributed by atoms with Crippen LogP contribution in [0.1, 0.15) is 37.7 Å². The van der Waals surface area contributed by atoms with Crippen molar-refractivity contribution in [2.45, 2.75) is 39.0 Å². The Balaban J connectivity index is 3.27. The first-order valence-electron chi connectivity index (χ1n) is 5.23. The largest absolute Gasteiger partial charge is 0.433 e. The summed E-state index contributed by atoms with van der Waals surface area (Å²) in [5, 5.41) is 0. The van der Waals surface area contributed by atoms with E-state index >= 15 is 0 Å². The monoisotopic (exact) mass is 247 g/mol. The summed E-state index contributed by atoms with van der Waals surface area (Å²) in [6, 6.07) is 2.49. The van der Waals surface area contributed by atoms with Gasteiger partial charge in [0.05, 0.1) is 12.3 Å². The molecule has 0 saturated heterocycles. The standard InChI is InChI=1S/C12H16F3NO/c1-11(2,3)8-5-6-10(12(13,14)15)16-9(8)7-17-4/h5-6H,7H2,1-4H3. The molecule has 0 N–H and O–H groups in total. The SMILES string of the molecule is COCc1nc(C(F)(F)F)ccc1C(C)(C)C. The number of hydrogen-bond acceptors (Lipinski definition) is 2. The van der Waals surface area contributed by atoms with E-state index in [1.54, 1.807) is 0 Å². The van der Waals surface area contributed by atoms with Crippen LogP contribution in [0.5, 0.6) is 0 Å². The highest BCUT2D eigenvalue weighted by Gasteiger charge is 2.33. The minimum atomic E-state index is -4.42. The third kappa shape index (κ3) is 3.43. The van der Waals surface area contributed by atoms with Crippen LogP contribution in [0.15, 0.2) is 12.1 Å². The minimum Gasteiger partial charge on any atom is -0.378 e. The number of pyridine rings is 1. The number of aromatic nitrogens is 1. The van der Waals surface area contributed by atoms with Crippen molar-refractivity contribution in [3.05, 3.63) is 29.1 Å². The third-order valence-electron chi connectivity index (χ3n) is 2.35. The van der Waals surface area contributed by atoms with Crippen molar-refractivity contribution in [3.63, 3.8) is 0 Å². The van der Waals surface area contributed by atoms with Crippen LogP contribution in [0.3, 0.4) is 0 Å². The normalized spacial score (nSPS) is 12.9. The molecule has 1 aromatic rings. The van der Waals surface area contributed by atoms with Gasteiger partial charge in [0.1, 0.15) is 5.69 Å². The summed E-state index contributed by atoms with van der Waals surface area (Å²) < 4.78 is 42.5. The molecular formula is C12H16F3NO. The summed E-state index contributed by atoms with van der Waals surface area (Å²) in [5.74, 6) is 0. The number of rotatable bonds is 2. The quantitative estimate of drug-likeness (QED) is 0.797. The van der Waals surface area contributed by atoms with Crippen LogP contribution in [0, 0.1) is 0 Å². The second kappa shape index (κ2) is 4.64. The molecule has 0 aliphatic rings. The molecule has 0 aliphatic carbocycles. The Morgan fingerprint density at radius 1 is 1.18 bits per heavy atom. The molecule has 0 unspecified atom stereocenters. The molecule has 0 aromatic carbocycles. The Morgan fingerprint density at radius 3 is 2.18 bits per heavy atom.